The molecule has 5 nitrogen and oxygen atoms in total. The quantitative estimate of drug-likeness (QED) is 0.797. The fourth-order valence-electron chi connectivity index (χ4n) is 2.19. The minimum atomic E-state index is -0.447. The molecule has 0 saturated heterocycles. The van der Waals surface area contributed by atoms with E-state index in [0.29, 0.717) is 17.9 Å². The molecule has 3 rings (SSSR count). The van der Waals surface area contributed by atoms with Crippen molar-refractivity contribution in [1.29, 1.82) is 0 Å². The summed E-state index contributed by atoms with van der Waals surface area (Å²) in [6, 6.07) is 14.7. The van der Waals surface area contributed by atoms with Crippen molar-refractivity contribution < 1.29 is 9.53 Å². The molecule has 1 aromatic heterocycles. The summed E-state index contributed by atoms with van der Waals surface area (Å²) < 4.78 is 7.71. The second kappa shape index (κ2) is 5.28. The van der Waals surface area contributed by atoms with Gasteiger partial charge in [0.1, 0.15) is 18.2 Å². The Kier molecular flexibility index (Phi) is 3.31. The average molecular weight is 281 g/mol. The third kappa shape index (κ3) is 2.58. The van der Waals surface area contributed by atoms with Crippen LogP contribution < -0.4 is 10.5 Å². The first-order chi connectivity index (χ1) is 10.1. The minimum absolute atomic E-state index is 0.362. The molecular weight excluding hydrogens is 266 g/mol. The highest BCUT2D eigenvalue weighted by Gasteiger charge is 2.08. The maximum Gasteiger partial charge on any atom is 0.248 e. The van der Waals surface area contributed by atoms with Gasteiger partial charge in [-0.2, -0.15) is 0 Å². The first-order valence-corrected chi connectivity index (χ1v) is 6.58. The van der Waals surface area contributed by atoms with Gasteiger partial charge in [-0.05, 0) is 36.4 Å². The highest BCUT2D eigenvalue weighted by molar-refractivity contribution is 5.92. The normalized spacial score (nSPS) is 10.7. The van der Waals surface area contributed by atoms with Crippen LogP contribution in [0.4, 0.5) is 0 Å². The van der Waals surface area contributed by atoms with E-state index in [2.05, 4.69) is 4.98 Å². The molecule has 106 valence electrons. The van der Waals surface area contributed by atoms with Gasteiger partial charge in [0.2, 0.25) is 5.91 Å². The Labute approximate surface area is 122 Å². The first kappa shape index (κ1) is 13.2. The zero-order valence-electron chi connectivity index (χ0n) is 11.6. The maximum absolute atomic E-state index is 11.0. The molecule has 2 aromatic carbocycles. The van der Waals surface area contributed by atoms with Crippen molar-refractivity contribution in [3.8, 4) is 5.75 Å². The number of aryl methyl sites for hydroxylation is 1. The van der Waals surface area contributed by atoms with E-state index < -0.39 is 5.91 Å². The predicted octanol–water partition coefficient (Wildman–Crippen LogP) is 2.25. The standard InChI is InChI=1S/C16H15N3O2/c1-19-14-5-3-2-4-13(14)18-15(19)10-21-12-8-6-11(7-9-12)16(17)20/h2-9H,10H2,1H3,(H2,17,20). The lowest BCUT2D eigenvalue weighted by Crippen LogP contribution is -2.10. The Morgan fingerprint density at radius 1 is 1.19 bits per heavy atom. The number of carbonyl (C=O) groups excluding carboxylic acids is 1. The monoisotopic (exact) mass is 281 g/mol. The summed E-state index contributed by atoms with van der Waals surface area (Å²) in [5.41, 5.74) is 7.68. The zero-order chi connectivity index (χ0) is 14.8. The van der Waals surface area contributed by atoms with Crippen LogP contribution in [-0.4, -0.2) is 15.5 Å². The van der Waals surface area contributed by atoms with Crippen molar-refractivity contribution in [2.75, 3.05) is 0 Å². The Balaban J connectivity index is 1.77. The average Bonchev–Trinajstić information content (AvgIpc) is 2.82. The summed E-state index contributed by atoms with van der Waals surface area (Å²) in [5.74, 6) is 1.07. The summed E-state index contributed by atoms with van der Waals surface area (Å²) in [6.07, 6.45) is 0. The van der Waals surface area contributed by atoms with Gasteiger partial charge in [0.15, 0.2) is 0 Å². The molecule has 0 atom stereocenters. The number of aromatic nitrogens is 2. The lowest BCUT2D eigenvalue weighted by Gasteiger charge is -2.06. The number of amides is 1. The molecule has 3 aromatic rings. The van der Waals surface area contributed by atoms with Crippen LogP contribution in [0.15, 0.2) is 48.5 Å². The van der Waals surface area contributed by atoms with Crippen LogP contribution in [0.3, 0.4) is 0 Å². The van der Waals surface area contributed by atoms with E-state index in [1.807, 2.05) is 35.9 Å². The molecule has 0 aliphatic heterocycles. The molecule has 21 heavy (non-hydrogen) atoms. The topological polar surface area (TPSA) is 70.1 Å². The van der Waals surface area contributed by atoms with Crippen LogP contribution in [0.1, 0.15) is 16.2 Å². The largest absolute Gasteiger partial charge is 0.486 e. The lowest BCUT2D eigenvalue weighted by molar-refractivity contribution is 0.1000. The highest BCUT2D eigenvalue weighted by atomic mass is 16.5. The number of fused-ring (bicyclic) bond motifs is 1. The zero-order valence-corrected chi connectivity index (χ0v) is 11.6. The van der Waals surface area contributed by atoms with Crippen LogP contribution in [-0.2, 0) is 13.7 Å². The number of ether oxygens (including phenoxy) is 1. The number of hydrogen-bond acceptors (Lipinski definition) is 3. The summed E-state index contributed by atoms with van der Waals surface area (Å²) in [6.45, 7) is 0.362. The van der Waals surface area contributed by atoms with Gasteiger partial charge in [0.05, 0.1) is 11.0 Å². The van der Waals surface area contributed by atoms with E-state index >= 15 is 0 Å². The van der Waals surface area contributed by atoms with Gasteiger partial charge in [-0.25, -0.2) is 4.98 Å². The van der Waals surface area contributed by atoms with E-state index in [1.165, 1.54) is 0 Å². The number of imidazole rings is 1. The molecule has 0 aliphatic carbocycles. The molecule has 0 unspecified atom stereocenters. The number of nitrogens with two attached hydrogens (primary N) is 1. The summed E-state index contributed by atoms with van der Waals surface area (Å²) in [4.78, 5) is 15.5. The molecule has 0 fully saturated rings. The van der Waals surface area contributed by atoms with Gasteiger partial charge in [-0.15, -0.1) is 0 Å². The number of nitrogens with zero attached hydrogens (tertiary/aromatic N) is 2. The fourth-order valence-corrected chi connectivity index (χ4v) is 2.19. The summed E-state index contributed by atoms with van der Waals surface area (Å²) in [5, 5.41) is 0. The first-order valence-electron chi connectivity index (χ1n) is 6.58. The maximum atomic E-state index is 11.0. The molecule has 5 heteroatoms. The molecule has 0 spiro atoms. The van der Waals surface area contributed by atoms with Crippen LogP contribution in [0.2, 0.25) is 0 Å². The number of rotatable bonds is 4. The molecule has 0 saturated carbocycles. The smallest absolute Gasteiger partial charge is 0.248 e. The van der Waals surface area contributed by atoms with Gasteiger partial charge in [0.25, 0.3) is 0 Å². The second-order valence-electron chi connectivity index (χ2n) is 4.75. The third-order valence-corrected chi connectivity index (χ3v) is 3.39. The number of benzene rings is 2. The summed E-state index contributed by atoms with van der Waals surface area (Å²) >= 11 is 0. The van der Waals surface area contributed by atoms with Crippen molar-refractivity contribution in [2.24, 2.45) is 12.8 Å². The van der Waals surface area contributed by atoms with Crippen LogP contribution in [0.5, 0.6) is 5.75 Å². The molecule has 0 radical (unpaired) electrons. The predicted molar refractivity (Wildman–Crippen MR) is 80.0 cm³/mol. The molecule has 2 N–H and O–H groups in total. The van der Waals surface area contributed by atoms with Gasteiger partial charge in [-0.1, -0.05) is 12.1 Å². The lowest BCUT2D eigenvalue weighted by atomic mass is 10.2. The fraction of sp³-hybridized carbons (Fsp3) is 0.125. The van der Waals surface area contributed by atoms with Gasteiger partial charge < -0.3 is 15.0 Å². The highest BCUT2D eigenvalue weighted by Crippen LogP contribution is 2.17. The Morgan fingerprint density at radius 2 is 1.90 bits per heavy atom. The molecule has 1 heterocycles. The Hall–Kier alpha value is -2.82. The third-order valence-electron chi connectivity index (χ3n) is 3.39. The van der Waals surface area contributed by atoms with Gasteiger partial charge in [0, 0.05) is 12.6 Å². The van der Waals surface area contributed by atoms with Crippen LogP contribution in [0.25, 0.3) is 11.0 Å². The molecule has 1 amide bonds. The van der Waals surface area contributed by atoms with E-state index in [-0.39, 0.29) is 0 Å². The van der Waals surface area contributed by atoms with Crippen molar-refractivity contribution in [1.82, 2.24) is 9.55 Å². The van der Waals surface area contributed by atoms with Crippen molar-refractivity contribution in [3.05, 3.63) is 59.9 Å². The number of primary amides is 1. The second-order valence-corrected chi connectivity index (χ2v) is 4.75. The van der Waals surface area contributed by atoms with Gasteiger partial charge in [-0.3, -0.25) is 4.79 Å². The SMILES string of the molecule is Cn1c(COc2ccc(C(N)=O)cc2)nc2ccccc21. The van der Waals surface area contributed by atoms with E-state index in [9.17, 15) is 4.79 Å². The van der Waals surface area contributed by atoms with E-state index in [0.717, 1.165) is 16.9 Å². The van der Waals surface area contributed by atoms with Crippen molar-refractivity contribution >= 4 is 16.9 Å². The molecule has 0 aliphatic rings. The van der Waals surface area contributed by atoms with Crippen molar-refractivity contribution in [2.45, 2.75) is 6.61 Å². The van der Waals surface area contributed by atoms with Crippen molar-refractivity contribution in [3.63, 3.8) is 0 Å². The number of hydrogen-bond donors (Lipinski definition) is 1. The number of para-hydroxylation sites is 2. The van der Waals surface area contributed by atoms with E-state index in [1.54, 1.807) is 24.3 Å². The molecule has 0 bridgehead atoms. The summed E-state index contributed by atoms with van der Waals surface area (Å²) in [7, 11) is 1.96. The van der Waals surface area contributed by atoms with Crippen LogP contribution in [0, 0.1) is 0 Å². The van der Waals surface area contributed by atoms with Crippen LogP contribution >= 0.6 is 0 Å². The molecular formula is C16H15N3O2. The Bertz CT molecular complexity index is 791. The van der Waals surface area contributed by atoms with Gasteiger partial charge >= 0.3 is 0 Å². The minimum Gasteiger partial charge on any atom is -0.486 e. The Morgan fingerprint density at radius 3 is 2.57 bits per heavy atom. The van der Waals surface area contributed by atoms with E-state index in [4.69, 9.17) is 10.5 Å². The number of carbonyl (C=O) groups is 1.